The molecule has 0 saturated carbocycles. The third kappa shape index (κ3) is 6.07. The van der Waals surface area contributed by atoms with Gasteiger partial charge in [-0.2, -0.15) is 5.21 Å². The van der Waals surface area contributed by atoms with Crippen molar-refractivity contribution < 1.29 is 14.3 Å². The highest BCUT2D eigenvalue weighted by Crippen LogP contribution is 2.36. The fourth-order valence-corrected chi connectivity index (χ4v) is 2.42. The lowest BCUT2D eigenvalue weighted by atomic mass is 10.1. The molecule has 2 aromatic rings. The van der Waals surface area contributed by atoms with E-state index in [0.29, 0.717) is 35.6 Å². The molecule has 0 bridgehead atoms. The number of aromatic amines is 1. The molecule has 1 heterocycles. The van der Waals surface area contributed by atoms with Gasteiger partial charge in [0.15, 0.2) is 18.1 Å². The molecule has 0 atom stereocenters. The number of anilines is 1. The van der Waals surface area contributed by atoms with Gasteiger partial charge in [0.1, 0.15) is 0 Å². The van der Waals surface area contributed by atoms with Crippen molar-refractivity contribution in [3.8, 4) is 11.5 Å². The van der Waals surface area contributed by atoms with E-state index in [0.717, 1.165) is 5.56 Å². The number of benzene rings is 1. The van der Waals surface area contributed by atoms with Crippen molar-refractivity contribution >= 4 is 23.5 Å². The summed E-state index contributed by atoms with van der Waals surface area (Å²) < 4.78 is 11.2. The second-order valence-corrected chi connectivity index (χ2v) is 6.92. The number of nitrogens with zero attached hydrogens (tertiary/aromatic N) is 3. The molecule has 2 rings (SSSR count). The molecule has 0 saturated heterocycles. The van der Waals surface area contributed by atoms with Crippen LogP contribution in [-0.2, 0) is 11.3 Å². The Morgan fingerprint density at radius 2 is 2.08 bits per heavy atom. The van der Waals surface area contributed by atoms with E-state index in [4.69, 9.17) is 21.1 Å². The Hall–Kier alpha value is -2.55. The Labute approximate surface area is 156 Å². The number of tetrazole rings is 1. The number of carbonyl (C=O) groups excluding carboxylic acids is 1. The molecular weight excluding hydrogens is 360 g/mol. The van der Waals surface area contributed by atoms with E-state index >= 15 is 0 Å². The minimum Gasteiger partial charge on any atom is -0.490 e. The minimum atomic E-state index is -0.336. The molecular formula is C16H23ClN6O3. The highest BCUT2D eigenvalue weighted by molar-refractivity contribution is 6.32. The average Bonchev–Trinajstić information content (AvgIpc) is 3.04. The van der Waals surface area contributed by atoms with Crippen molar-refractivity contribution in [2.75, 3.05) is 18.5 Å². The van der Waals surface area contributed by atoms with E-state index in [1.807, 2.05) is 27.7 Å². The van der Waals surface area contributed by atoms with Crippen LogP contribution in [0.1, 0.15) is 33.3 Å². The van der Waals surface area contributed by atoms with E-state index < -0.39 is 0 Å². The Morgan fingerprint density at radius 3 is 2.69 bits per heavy atom. The fourth-order valence-electron chi connectivity index (χ4n) is 2.14. The summed E-state index contributed by atoms with van der Waals surface area (Å²) in [4.78, 5) is 12.0. The molecule has 10 heteroatoms. The second kappa shape index (κ2) is 8.70. The number of amides is 1. The SMILES string of the molecule is CCOc1cc(CNc2nn[nH]n2)cc(Cl)c1OCC(=O)NC(C)(C)C. The number of rotatable bonds is 8. The van der Waals surface area contributed by atoms with Gasteiger partial charge < -0.3 is 20.1 Å². The van der Waals surface area contributed by atoms with Crippen molar-refractivity contribution in [1.82, 2.24) is 25.9 Å². The zero-order valence-electron chi connectivity index (χ0n) is 15.2. The van der Waals surface area contributed by atoms with Gasteiger partial charge in [-0.1, -0.05) is 16.7 Å². The lowest BCUT2D eigenvalue weighted by Crippen LogP contribution is -2.43. The van der Waals surface area contributed by atoms with Crippen molar-refractivity contribution in [3.63, 3.8) is 0 Å². The lowest BCUT2D eigenvalue weighted by Gasteiger charge is -2.21. The first-order chi connectivity index (χ1) is 12.3. The smallest absolute Gasteiger partial charge is 0.263 e. The fraction of sp³-hybridized carbons (Fsp3) is 0.500. The van der Waals surface area contributed by atoms with Gasteiger partial charge in [-0.15, -0.1) is 5.10 Å². The largest absolute Gasteiger partial charge is 0.490 e. The molecule has 142 valence electrons. The lowest BCUT2D eigenvalue weighted by molar-refractivity contribution is -0.124. The summed E-state index contributed by atoms with van der Waals surface area (Å²) in [6, 6.07) is 3.52. The predicted octanol–water partition coefficient (Wildman–Crippen LogP) is 2.16. The molecule has 0 aliphatic heterocycles. The Kier molecular flexibility index (Phi) is 6.62. The molecule has 1 aromatic heterocycles. The van der Waals surface area contributed by atoms with Gasteiger partial charge in [0, 0.05) is 12.1 Å². The summed E-state index contributed by atoms with van der Waals surface area (Å²) in [5, 5.41) is 19.6. The first-order valence-electron chi connectivity index (χ1n) is 8.15. The van der Waals surface area contributed by atoms with Gasteiger partial charge in [0.25, 0.3) is 11.9 Å². The molecule has 0 aliphatic rings. The average molecular weight is 383 g/mol. The maximum atomic E-state index is 12.0. The van der Waals surface area contributed by atoms with Crippen LogP contribution < -0.4 is 20.1 Å². The molecule has 9 nitrogen and oxygen atoms in total. The van der Waals surface area contributed by atoms with Crippen LogP contribution in [0.3, 0.4) is 0 Å². The highest BCUT2D eigenvalue weighted by Gasteiger charge is 2.17. The van der Waals surface area contributed by atoms with Gasteiger partial charge >= 0.3 is 0 Å². The van der Waals surface area contributed by atoms with Gasteiger partial charge in [-0.25, -0.2) is 0 Å². The van der Waals surface area contributed by atoms with Crippen LogP contribution in [0.4, 0.5) is 5.95 Å². The summed E-state index contributed by atoms with van der Waals surface area (Å²) in [7, 11) is 0. The predicted molar refractivity (Wildman–Crippen MR) is 97.5 cm³/mol. The van der Waals surface area contributed by atoms with Crippen molar-refractivity contribution in [1.29, 1.82) is 0 Å². The molecule has 1 aromatic carbocycles. The number of halogens is 1. The van der Waals surface area contributed by atoms with Crippen molar-refractivity contribution in [3.05, 3.63) is 22.7 Å². The van der Waals surface area contributed by atoms with Gasteiger partial charge in [0.2, 0.25) is 0 Å². The Balaban J connectivity index is 2.08. The zero-order valence-corrected chi connectivity index (χ0v) is 16.0. The summed E-state index contributed by atoms with van der Waals surface area (Å²) in [6.07, 6.45) is 0. The van der Waals surface area contributed by atoms with Gasteiger partial charge in [-0.3, -0.25) is 4.79 Å². The molecule has 1 amide bonds. The number of ether oxygens (including phenoxy) is 2. The number of hydrogen-bond donors (Lipinski definition) is 3. The summed E-state index contributed by atoms with van der Waals surface area (Å²) in [5.74, 6) is 0.937. The summed E-state index contributed by atoms with van der Waals surface area (Å²) in [5.41, 5.74) is 0.507. The number of carbonyl (C=O) groups is 1. The van der Waals surface area contributed by atoms with E-state index in [1.165, 1.54) is 0 Å². The summed E-state index contributed by atoms with van der Waals surface area (Å²) >= 11 is 6.33. The van der Waals surface area contributed by atoms with Crippen LogP contribution in [-0.4, -0.2) is 45.3 Å². The first kappa shape index (κ1) is 19.8. The van der Waals surface area contributed by atoms with Gasteiger partial charge in [0.05, 0.1) is 11.6 Å². The van der Waals surface area contributed by atoms with Crippen LogP contribution in [0.2, 0.25) is 5.02 Å². The molecule has 0 spiro atoms. The standard InChI is InChI=1S/C16H23ClN6O3/c1-5-25-12-7-10(8-18-15-20-22-23-21-15)6-11(17)14(12)26-9-13(24)19-16(2,3)4/h6-7H,5,8-9H2,1-4H3,(H,19,24)(H2,18,20,21,22,23). The van der Waals surface area contributed by atoms with E-state index in [2.05, 4.69) is 31.3 Å². The maximum Gasteiger partial charge on any atom is 0.263 e. The number of hydrogen-bond acceptors (Lipinski definition) is 7. The van der Waals surface area contributed by atoms with Crippen molar-refractivity contribution in [2.24, 2.45) is 0 Å². The van der Waals surface area contributed by atoms with Crippen LogP contribution >= 0.6 is 11.6 Å². The van der Waals surface area contributed by atoms with E-state index in [9.17, 15) is 4.79 Å². The number of nitrogens with one attached hydrogen (secondary N) is 3. The Bertz CT molecular complexity index is 730. The minimum absolute atomic E-state index is 0.155. The number of aromatic nitrogens is 4. The van der Waals surface area contributed by atoms with Crippen LogP contribution in [0.25, 0.3) is 0 Å². The monoisotopic (exact) mass is 382 g/mol. The third-order valence-corrected chi connectivity index (χ3v) is 3.31. The third-order valence-electron chi connectivity index (χ3n) is 3.03. The van der Waals surface area contributed by atoms with Gasteiger partial charge in [-0.05, 0) is 50.6 Å². The molecule has 0 unspecified atom stereocenters. The molecule has 0 aliphatic carbocycles. The second-order valence-electron chi connectivity index (χ2n) is 6.51. The van der Waals surface area contributed by atoms with Crippen molar-refractivity contribution in [2.45, 2.75) is 39.8 Å². The van der Waals surface area contributed by atoms with Crippen LogP contribution in [0, 0.1) is 0 Å². The number of H-pyrrole nitrogens is 1. The highest BCUT2D eigenvalue weighted by atomic mass is 35.5. The Morgan fingerprint density at radius 1 is 1.31 bits per heavy atom. The van der Waals surface area contributed by atoms with E-state index in [1.54, 1.807) is 12.1 Å². The molecule has 0 radical (unpaired) electrons. The van der Waals surface area contributed by atoms with Crippen LogP contribution in [0.15, 0.2) is 12.1 Å². The molecule has 3 N–H and O–H groups in total. The quantitative estimate of drug-likeness (QED) is 0.640. The van der Waals surface area contributed by atoms with Crippen LogP contribution in [0.5, 0.6) is 11.5 Å². The first-order valence-corrected chi connectivity index (χ1v) is 8.52. The summed E-state index contributed by atoms with van der Waals surface area (Å²) in [6.45, 7) is 8.25. The normalized spacial score (nSPS) is 11.1. The zero-order chi connectivity index (χ0) is 19.2. The topological polar surface area (TPSA) is 114 Å². The van der Waals surface area contributed by atoms with E-state index in [-0.39, 0.29) is 18.1 Å². The molecule has 0 fully saturated rings. The molecule has 26 heavy (non-hydrogen) atoms. The maximum absolute atomic E-state index is 12.0.